The molecule has 0 atom stereocenters. The van der Waals surface area contributed by atoms with Crippen LogP contribution in [0.1, 0.15) is 20.8 Å². The van der Waals surface area contributed by atoms with Gasteiger partial charge in [-0.2, -0.15) is 0 Å². The zero-order valence-corrected chi connectivity index (χ0v) is 6.52. The van der Waals surface area contributed by atoms with Crippen LogP contribution in [0.25, 0.3) is 0 Å². The van der Waals surface area contributed by atoms with E-state index in [1.54, 1.807) is 6.92 Å². The molecule has 0 amide bonds. The van der Waals surface area contributed by atoms with E-state index in [0.29, 0.717) is 5.84 Å². The Hall–Kier alpha value is -0.790. The van der Waals surface area contributed by atoms with Gasteiger partial charge in [0.15, 0.2) is 0 Å². The Bertz CT molecular complexity index is 136. The Balaban J connectivity index is 4.04. The summed E-state index contributed by atoms with van der Waals surface area (Å²) in [7, 11) is 1.89. The van der Waals surface area contributed by atoms with Crippen LogP contribution in [0.15, 0.2) is 11.8 Å². The number of nitrogens with one attached hydrogen (secondary N) is 1. The molecule has 0 aromatic rings. The highest BCUT2D eigenvalue weighted by Gasteiger charge is 1.96. The van der Waals surface area contributed by atoms with Crippen LogP contribution in [0, 0.1) is 5.41 Å². The first kappa shape index (κ1) is 8.21. The molecule has 0 aliphatic heterocycles. The molecule has 0 aliphatic carbocycles. The molecule has 2 nitrogen and oxygen atoms in total. The smallest absolute Gasteiger partial charge is 0.0965 e. The third-order valence-corrected chi connectivity index (χ3v) is 1.45. The van der Waals surface area contributed by atoms with Gasteiger partial charge in [0, 0.05) is 12.7 Å². The summed E-state index contributed by atoms with van der Waals surface area (Å²) in [5.41, 5.74) is 1.11. The molecular weight excluding hydrogens is 112 g/mol. The van der Waals surface area contributed by atoms with Crippen molar-refractivity contribution in [3.05, 3.63) is 11.8 Å². The molecule has 52 valence electrons. The van der Waals surface area contributed by atoms with Gasteiger partial charge < -0.3 is 4.90 Å². The molecule has 1 N–H and O–H groups in total. The predicted octanol–water partition coefficient (Wildman–Crippen LogP) is 1.84. The van der Waals surface area contributed by atoms with Gasteiger partial charge >= 0.3 is 0 Å². The number of hydrogen-bond donors (Lipinski definition) is 1. The van der Waals surface area contributed by atoms with Gasteiger partial charge in [0.25, 0.3) is 0 Å². The number of rotatable bonds is 1. The molecule has 0 unspecified atom stereocenters. The summed E-state index contributed by atoms with van der Waals surface area (Å²) < 4.78 is 0. The highest BCUT2D eigenvalue weighted by atomic mass is 15.1. The van der Waals surface area contributed by atoms with E-state index >= 15 is 0 Å². The number of nitrogens with zero attached hydrogens (tertiary/aromatic N) is 1. The Kier molecular flexibility index (Phi) is 2.99. The molecule has 2 heteroatoms. The third kappa shape index (κ3) is 2.31. The van der Waals surface area contributed by atoms with Crippen molar-refractivity contribution in [2.24, 2.45) is 0 Å². The molecule has 0 fully saturated rings. The largest absolute Gasteiger partial charge is 0.338 e. The van der Waals surface area contributed by atoms with Crippen molar-refractivity contribution in [2.45, 2.75) is 20.8 Å². The summed E-state index contributed by atoms with van der Waals surface area (Å²) in [6.07, 6.45) is 1.98. The van der Waals surface area contributed by atoms with Crippen LogP contribution in [-0.2, 0) is 0 Å². The van der Waals surface area contributed by atoms with E-state index in [1.807, 2.05) is 31.9 Å². The number of allylic oxidation sites excluding steroid dienone is 2. The van der Waals surface area contributed by atoms with Crippen LogP contribution in [0.4, 0.5) is 0 Å². The van der Waals surface area contributed by atoms with Gasteiger partial charge in [0.2, 0.25) is 0 Å². The van der Waals surface area contributed by atoms with Gasteiger partial charge in [-0.15, -0.1) is 0 Å². The molecule has 0 aliphatic rings. The van der Waals surface area contributed by atoms with E-state index in [1.165, 1.54) is 0 Å². The Morgan fingerprint density at radius 1 is 1.44 bits per heavy atom. The predicted molar refractivity (Wildman–Crippen MR) is 40.6 cm³/mol. The van der Waals surface area contributed by atoms with E-state index in [-0.39, 0.29) is 0 Å². The lowest BCUT2D eigenvalue weighted by molar-refractivity contribution is 0.616. The minimum Gasteiger partial charge on any atom is -0.338 e. The summed E-state index contributed by atoms with van der Waals surface area (Å²) in [6.45, 7) is 5.72. The van der Waals surface area contributed by atoms with Gasteiger partial charge in [-0.05, 0) is 20.8 Å². The van der Waals surface area contributed by atoms with Gasteiger partial charge in [0.05, 0.1) is 5.84 Å². The molecular formula is C7H14N2. The lowest BCUT2D eigenvalue weighted by atomic mass is 10.4. The molecule has 0 heterocycles. The lowest BCUT2D eigenvalue weighted by Gasteiger charge is -2.16. The third-order valence-electron chi connectivity index (χ3n) is 1.45. The molecule has 0 aromatic carbocycles. The average molecular weight is 126 g/mol. The minimum absolute atomic E-state index is 0.575. The van der Waals surface area contributed by atoms with Crippen molar-refractivity contribution in [3.8, 4) is 0 Å². The monoisotopic (exact) mass is 126 g/mol. The second-order valence-corrected chi connectivity index (χ2v) is 2.07. The number of amidine groups is 1. The molecule has 0 rings (SSSR count). The maximum absolute atomic E-state index is 7.22. The molecule has 0 saturated carbocycles. The van der Waals surface area contributed by atoms with E-state index in [0.717, 1.165) is 5.70 Å². The van der Waals surface area contributed by atoms with Crippen molar-refractivity contribution in [1.29, 1.82) is 5.41 Å². The SMILES string of the molecule is C/C=C(/C)N(C)C(C)=N. The molecule has 0 spiro atoms. The zero-order chi connectivity index (χ0) is 7.44. The average Bonchev–Trinajstić information content (AvgIpc) is 1.84. The summed E-state index contributed by atoms with van der Waals surface area (Å²) in [6, 6.07) is 0. The summed E-state index contributed by atoms with van der Waals surface area (Å²) in [5.74, 6) is 0.575. The van der Waals surface area contributed by atoms with Crippen molar-refractivity contribution >= 4 is 5.84 Å². The maximum atomic E-state index is 7.22. The fourth-order valence-electron chi connectivity index (χ4n) is 0.458. The van der Waals surface area contributed by atoms with Crippen LogP contribution in [0.5, 0.6) is 0 Å². The maximum Gasteiger partial charge on any atom is 0.0965 e. The van der Waals surface area contributed by atoms with Gasteiger partial charge in [-0.1, -0.05) is 6.08 Å². The van der Waals surface area contributed by atoms with Crippen molar-refractivity contribution in [1.82, 2.24) is 4.90 Å². The second-order valence-electron chi connectivity index (χ2n) is 2.07. The Morgan fingerprint density at radius 2 is 1.89 bits per heavy atom. The Morgan fingerprint density at radius 3 is 2.00 bits per heavy atom. The summed E-state index contributed by atoms with van der Waals surface area (Å²) in [4.78, 5) is 1.83. The first-order valence-electron chi connectivity index (χ1n) is 3.01. The van der Waals surface area contributed by atoms with Crippen LogP contribution >= 0.6 is 0 Å². The quantitative estimate of drug-likeness (QED) is 0.421. The number of hydrogen-bond acceptors (Lipinski definition) is 1. The van der Waals surface area contributed by atoms with Crippen LogP contribution in [0.2, 0.25) is 0 Å². The van der Waals surface area contributed by atoms with E-state index < -0.39 is 0 Å². The fourth-order valence-corrected chi connectivity index (χ4v) is 0.458. The van der Waals surface area contributed by atoms with Gasteiger partial charge in [-0.25, -0.2) is 0 Å². The normalized spacial score (nSPS) is 11.3. The molecule has 0 bridgehead atoms. The standard InChI is InChI=1S/C7H14N2/c1-5-6(2)9(4)7(3)8/h5,8H,1-4H3/b6-5-,8-7?. The lowest BCUT2D eigenvalue weighted by Crippen LogP contribution is -2.20. The first-order valence-corrected chi connectivity index (χ1v) is 3.01. The summed E-state index contributed by atoms with van der Waals surface area (Å²) >= 11 is 0. The van der Waals surface area contributed by atoms with Crippen LogP contribution < -0.4 is 0 Å². The van der Waals surface area contributed by atoms with Crippen LogP contribution in [0.3, 0.4) is 0 Å². The molecule has 9 heavy (non-hydrogen) atoms. The van der Waals surface area contributed by atoms with Crippen molar-refractivity contribution in [2.75, 3.05) is 7.05 Å². The van der Waals surface area contributed by atoms with E-state index in [9.17, 15) is 0 Å². The van der Waals surface area contributed by atoms with E-state index in [2.05, 4.69) is 0 Å². The van der Waals surface area contributed by atoms with Crippen molar-refractivity contribution in [3.63, 3.8) is 0 Å². The summed E-state index contributed by atoms with van der Waals surface area (Å²) in [5, 5.41) is 7.22. The minimum atomic E-state index is 0.575. The second kappa shape index (κ2) is 3.28. The topological polar surface area (TPSA) is 27.1 Å². The highest BCUT2D eigenvalue weighted by molar-refractivity contribution is 5.77. The molecule has 0 radical (unpaired) electrons. The van der Waals surface area contributed by atoms with Crippen molar-refractivity contribution < 1.29 is 0 Å². The highest BCUT2D eigenvalue weighted by Crippen LogP contribution is 1.98. The molecule has 0 saturated heterocycles. The van der Waals surface area contributed by atoms with E-state index in [4.69, 9.17) is 5.41 Å². The van der Waals surface area contributed by atoms with Gasteiger partial charge in [-0.3, -0.25) is 5.41 Å². The van der Waals surface area contributed by atoms with Gasteiger partial charge in [0.1, 0.15) is 0 Å². The zero-order valence-electron chi connectivity index (χ0n) is 6.52. The first-order chi connectivity index (χ1) is 4.09. The molecule has 0 aromatic heterocycles. The fraction of sp³-hybridized carbons (Fsp3) is 0.571. The van der Waals surface area contributed by atoms with Crippen LogP contribution in [-0.4, -0.2) is 17.8 Å². The Labute approximate surface area is 56.7 Å².